The predicted molar refractivity (Wildman–Crippen MR) is 56.3 cm³/mol. The van der Waals surface area contributed by atoms with Crippen LogP contribution in [0.4, 0.5) is 5.69 Å². The fourth-order valence-electron chi connectivity index (χ4n) is 0.887. The first-order valence-corrected chi connectivity index (χ1v) is 4.57. The number of nitrogens with two attached hydrogens (primary N) is 1. The van der Waals surface area contributed by atoms with Crippen molar-refractivity contribution in [1.82, 2.24) is 4.98 Å². The van der Waals surface area contributed by atoms with E-state index in [0.29, 0.717) is 5.69 Å². The van der Waals surface area contributed by atoms with Gasteiger partial charge in [0, 0.05) is 6.20 Å². The summed E-state index contributed by atoms with van der Waals surface area (Å²) in [4.78, 5) is 15.2. The van der Waals surface area contributed by atoms with Crippen molar-refractivity contribution in [2.75, 3.05) is 5.32 Å². The Morgan fingerprint density at radius 3 is 2.93 bits per heavy atom. The number of rotatable bonds is 2. The molecular formula is C9H12ClN3O. The monoisotopic (exact) mass is 213 g/mol. The number of aryl methyl sites for hydroxylation is 1. The fourth-order valence-corrected chi connectivity index (χ4v) is 1.04. The third-order valence-corrected chi connectivity index (χ3v) is 1.95. The number of aromatic nitrogens is 1. The largest absolute Gasteiger partial charge is 0.322 e. The standard InChI is InChI=1S/C9H12ClN3O/c1-5-3-7(8(10)12-4-5)13-9(14)6(2)11/h3-4,6H,11H2,1-2H3,(H,13,14). The lowest BCUT2D eigenvalue weighted by Crippen LogP contribution is -2.32. The number of nitrogens with one attached hydrogen (secondary N) is 1. The Hall–Kier alpha value is -1.13. The molecule has 1 rings (SSSR count). The molecule has 0 saturated heterocycles. The van der Waals surface area contributed by atoms with E-state index in [2.05, 4.69) is 10.3 Å². The predicted octanol–water partition coefficient (Wildman–Crippen LogP) is 1.33. The van der Waals surface area contributed by atoms with Gasteiger partial charge in [0.15, 0.2) is 5.15 Å². The normalized spacial score (nSPS) is 12.3. The summed E-state index contributed by atoms with van der Waals surface area (Å²) in [5.41, 5.74) is 6.82. The highest BCUT2D eigenvalue weighted by Gasteiger charge is 2.10. The van der Waals surface area contributed by atoms with E-state index in [1.807, 2.05) is 6.92 Å². The molecule has 0 aromatic carbocycles. The molecule has 0 aliphatic rings. The maximum Gasteiger partial charge on any atom is 0.241 e. The molecule has 1 aromatic rings. The molecule has 14 heavy (non-hydrogen) atoms. The highest BCUT2D eigenvalue weighted by molar-refractivity contribution is 6.32. The Labute approximate surface area is 87.5 Å². The summed E-state index contributed by atoms with van der Waals surface area (Å²) in [6.07, 6.45) is 1.63. The number of halogens is 1. The Bertz CT molecular complexity index is 352. The van der Waals surface area contributed by atoms with Gasteiger partial charge in [0.05, 0.1) is 11.7 Å². The molecule has 5 heteroatoms. The lowest BCUT2D eigenvalue weighted by Gasteiger charge is -2.09. The van der Waals surface area contributed by atoms with Gasteiger partial charge in [0.1, 0.15) is 0 Å². The van der Waals surface area contributed by atoms with Gasteiger partial charge >= 0.3 is 0 Å². The molecule has 4 nitrogen and oxygen atoms in total. The van der Waals surface area contributed by atoms with E-state index in [-0.39, 0.29) is 11.1 Å². The van der Waals surface area contributed by atoms with Crippen LogP contribution in [0.3, 0.4) is 0 Å². The topological polar surface area (TPSA) is 68.0 Å². The van der Waals surface area contributed by atoms with Crippen molar-refractivity contribution in [3.8, 4) is 0 Å². The number of carbonyl (C=O) groups excluding carboxylic acids is 1. The van der Waals surface area contributed by atoms with E-state index in [1.54, 1.807) is 19.2 Å². The molecular weight excluding hydrogens is 202 g/mol. The van der Waals surface area contributed by atoms with Gasteiger partial charge < -0.3 is 11.1 Å². The van der Waals surface area contributed by atoms with Gasteiger partial charge in [-0.25, -0.2) is 4.98 Å². The average Bonchev–Trinajstić information content (AvgIpc) is 2.11. The molecule has 1 aromatic heterocycles. The first-order chi connectivity index (χ1) is 6.50. The molecule has 0 radical (unpaired) electrons. The molecule has 1 atom stereocenters. The zero-order valence-electron chi connectivity index (χ0n) is 8.04. The van der Waals surface area contributed by atoms with Gasteiger partial charge in [0.25, 0.3) is 0 Å². The molecule has 0 spiro atoms. The van der Waals surface area contributed by atoms with Crippen LogP contribution in [0.1, 0.15) is 12.5 Å². The van der Waals surface area contributed by atoms with Crippen LogP contribution in [0.2, 0.25) is 5.15 Å². The summed E-state index contributed by atoms with van der Waals surface area (Å²) in [6.45, 7) is 3.47. The zero-order valence-corrected chi connectivity index (χ0v) is 8.80. The summed E-state index contributed by atoms with van der Waals surface area (Å²) in [5.74, 6) is -0.278. The minimum atomic E-state index is -0.563. The molecule has 1 unspecified atom stereocenters. The number of anilines is 1. The van der Waals surface area contributed by atoms with Gasteiger partial charge in [0.2, 0.25) is 5.91 Å². The van der Waals surface area contributed by atoms with Crippen LogP contribution in [0.15, 0.2) is 12.3 Å². The second-order valence-corrected chi connectivity index (χ2v) is 3.49. The van der Waals surface area contributed by atoms with E-state index < -0.39 is 6.04 Å². The molecule has 1 amide bonds. The Balaban J connectivity index is 2.86. The summed E-state index contributed by atoms with van der Waals surface area (Å²) in [6, 6.07) is 1.18. The van der Waals surface area contributed by atoms with E-state index in [0.717, 1.165) is 5.56 Å². The molecule has 0 saturated carbocycles. The summed E-state index contributed by atoms with van der Waals surface area (Å²) >= 11 is 5.78. The fraction of sp³-hybridized carbons (Fsp3) is 0.333. The number of pyridine rings is 1. The van der Waals surface area contributed by atoms with Crippen LogP contribution in [0.25, 0.3) is 0 Å². The van der Waals surface area contributed by atoms with E-state index in [9.17, 15) is 4.79 Å². The minimum absolute atomic E-state index is 0.268. The number of amides is 1. The number of hydrogen-bond acceptors (Lipinski definition) is 3. The molecule has 0 bridgehead atoms. The highest BCUT2D eigenvalue weighted by atomic mass is 35.5. The summed E-state index contributed by atoms with van der Waals surface area (Å²) in [5, 5.41) is 2.86. The van der Waals surface area contributed by atoms with Crippen molar-refractivity contribution in [2.45, 2.75) is 19.9 Å². The molecule has 76 valence electrons. The second-order valence-electron chi connectivity index (χ2n) is 3.13. The lowest BCUT2D eigenvalue weighted by molar-refractivity contribution is -0.117. The molecule has 3 N–H and O–H groups in total. The second kappa shape index (κ2) is 4.39. The van der Waals surface area contributed by atoms with Crippen molar-refractivity contribution >= 4 is 23.2 Å². The SMILES string of the molecule is Cc1cnc(Cl)c(NC(=O)C(C)N)c1. The number of hydrogen-bond donors (Lipinski definition) is 2. The average molecular weight is 214 g/mol. The van der Waals surface area contributed by atoms with Crippen LogP contribution in [-0.4, -0.2) is 16.9 Å². The lowest BCUT2D eigenvalue weighted by atomic mass is 10.2. The van der Waals surface area contributed by atoms with Gasteiger partial charge in [-0.05, 0) is 25.5 Å². The third-order valence-electron chi connectivity index (χ3n) is 1.65. The van der Waals surface area contributed by atoms with Crippen molar-refractivity contribution in [3.63, 3.8) is 0 Å². The van der Waals surface area contributed by atoms with Gasteiger partial charge in [-0.3, -0.25) is 4.79 Å². The third kappa shape index (κ3) is 2.68. The van der Waals surface area contributed by atoms with E-state index >= 15 is 0 Å². The Morgan fingerprint density at radius 1 is 1.71 bits per heavy atom. The highest BCUT2D eigenvalue weighted by Crippen LogP contribution is 2.19. The quantitative estimate of drug-likeness (QED) is 0.729. The van der Waals surface area contributed by atoms with Crippen molar-refractivity contribution < 1.29 is 4.79 Å². The van der Waals surface area contributed by atoms with Gasteiger partial charge in [-0.1, -0.05) is 11.6 Å². The Morgan fingerprint density at radius 2 is 2.36 bits per heavy atom. The van der Waals surface area contributed by atoms with Gasteiger partial charge in [-0.15, -0.1) is 0 Å². The molecule has 0 aliphatic carbocycles. The molecule has 0 aliphatic heterocycles. The van der Waals surface area contributed by atoms with Crippen molar-refractivity contribution in [3.05, 3.63) is 23.0 Å². The first-order valence-electron chi connectivity index (χ1n) is 4.19. The number of carbonyl (C=O) groups is 1. The van der Waals surface area contributed by atoms with E-state index in [1.165, 1.54) is 0 Å². The van der Waals surface area contributed by atoms with Crippen LogP contribution in [0.5, 0.6) is 0 Å². The van der Waals surface area contributed by atoms with Crippen LogP contribution in [-0.2, 0) is 4.79 Å². The van der Waals surface area contributed by atoms with E-state index in [4.69, 9.17) is 17.3 Å². The van der Waals surface area contributed by atoms with Crippen molar-refractivity contribution in [2.24, 2.45) is 5.73 Å². The van der Waals surface area contributed by atoms with Crippen LogP contribution >= 0.6 is 11.6 Å². The van der Waals surface area contributed by atoms with Crippen LogP contribution in [0, 0.1) is 6.92 Å². The number of nitrogens with zero attached hydrogens (tertiary/aromatic N) is 1. The van der Waals surface area contributed by atoms with Crippen LogP contribution < -0.4 is 11.1 Å². The molecule has 0 fully saturated rings. The summed E-state index contributed by atoms with van der Waals surface area (Å²) in [7, 11) is 0. The first kappa shape index (κ1) is 10.9. The summed E-state index contributed by atoms with van der Waals surface area (Å²) < 4.78 is 0. The van der Waals surface area contributed by atoms with Crippen molar-refractivity contribution in [1.29, 1.82) is 0 Å². The minimum Gasteiger partial charge on any atom is -0.322 e. The smallest absolute Gasteiger partial charge is 0.241 e. The Kier molecular flexibility index (Phi) is 3.43. The van der Waals surface area contributed by atoms with Gasteiger partial charge in [-0.2, -0.15) is 0 Å². The maximum absolute atomic E-state index is 11.3. The molecule has 1 heterocycles. The zero-order chi connectivity index (χ0) is 10.7. The maximum atomic E-state index is 11.3.